The van der Waals surface area contributed by atoms with Gasteiger partial charge in [0.25, 0.3) is 5.91 Å². The van der Waals surface area contributed by atoms with Gasteiger partial charge in [-0.1, -0.05) is 19.9 Å². The standard InChI is InChI=1S/C17H20N2O3S2/c1-11-6-12(2)8-19(7-11)15(20)9-22-17(21)13-10-24-16(18-13)14-4-3-5-23-14/h3-5,10-12H,6-9H2,1-2H3/t11-,12-/m1/s1. The molecule has 0 aliphatic carbocycles. The number of piperidine rings is 1. The summed E-state index contributed by atoms with van der Waals surface area (Å²) in [6.45, 7) is 5.54. The maximum absolute atomic E-state index is 12.2. The highest BCUT2D eigenvalue weighted by Gasteiger charge is 2.26. The largest absolute Gasteiger partial charge is 0.451 e. The van der Waals surface area contributed by atoms with Gasteiger partial charge in [-0.25, -0.2) is 9.78 Å². The van der Waals surface area contributed by atoms with E-state index in [-0.39, 0.29) is 18.2 Å². The summed E-state index contributed by atoms with van der Waals surface area (Å²) in [7, 11) is 0. The summed E-state index contributed by atoms with van der Waals surface area (Å²) in [5.74, 6) is 0.302. The Labute approximate surface area is 149 Å². The Hall–Kier alpha value is -1.73. The van der Waals surface area contributed by atoms with Crippen LogP contribution in [0.5, 0.6) is 0 Å². The number of hydrogen-bond acceptors (Lipinski definition) is 6. The fourth-order valence-corrected chi connectivity index (χ4v) is 4.64. The molecule has 0 radical (unpaired) electrons. The zero-order valence-corrected chi connectivity index (χ0v) is 15.4. The average Bonchev–Trinajstić information content (AvgIpc) is 3.21. The zero-order chi connectivity index (χ0) is 17.1. The van der Waals surface area contributed by atoms with Crippen molar-refractivity contribution in [3.8, 4) is 9.88 Å². The molecule has 128 valence electrons. The van der Waals surface area contributed by atoms with Gasteiger partial charge in [-0.15, -0.1) is 22.7 Å². The minimum absolute atomic E-state index is 0.129. The molecular weight excluding hydrogens is 344 g/mol. The zero-order valence-electron chi connectivity index (χ0n) is 13.7. The first-order valence-electron chi connectivity index (χ1n) is 7.97. The summed E-state index contributed by atoms with van der Waals surface area (Å²) in [4.78, 5) is 31.5. The van der Waals surface area contributed by atoms with Crippen molar-refractivity contribution in [1.82, 2.24) is 9.88 Å². The quantitative estimate of drug-likeness (QED) is 0.779. The third kappa shape index (κ3) is 4.02. The second-order valence-corrected chi connectivity index (χ2v) is 8.14. The lowest BCUT2D eigenvalue weighted by Gasteiger charge is -2.34. The normalized spacial score (nSPS) is 20.8. The van der Waals surface area contributed by atoms with Crippen LogP contribution >= 0.6 is 22.7 Å². The van der Waals surface area contributed by atoms with Crippen LogP contribution in [0.1, 0.15) is 30.8 Å². The molecule has 24 heavy (non-hydrogen) atoms. The lowest BCUT2D eigenvalue weighted by Crippen LogP contribution is -2.44. The molecule has 0 saturated carbocycles. The minimum Gasteiger partial charge on any atom is -0.451 e. The van der Waals surface area contributed by atoms with Crippen molar-refractivity contribution in [2.75, 3.05) is 19.7 Å². The Kier molecular flexibility index (Phi) is 5.30. The Bertz CT molecular complexity index is 701. The number of aromatic nitrogens is 1. The molecule has 1 saturated heterocycles. The molecular formula is C17H20N2O3S2. The number of likely N-dealkylation sites (tertiary alicyclic amines) is 1. The number of thiophene rings is 1. The van der Waals surface area contributed by atoms with Crippen LogP contribution < -0.4 is 0 Å². The fraction of sp³-hybridized carbons (Fsp3) is 0.471. The van der Waals surface area contributed by atoms with Crippen LogP contribution in [0, 0.1) is 11.8 Å². The summed E-state index contributed by atoms with van der Waals surface area (Å²) < 4.78 is 5.16. The van der Waals surface area contributed by atoms with Gasteiger partial charge in [0.05, 0.1) is 4.88 Å². The maximum atomic E-state index is 12.2. The third-order valence-corrected chi connectivity index (χ3v) is 5.87. The van der Waals surface area contributed by atoms with E-state index in [1.165, 1.54) is 11.3 Å². The average molecular weight is 364 g/mol. The van der Waals surface area contributed by atoms with Crippen molar-refractivity contribution in [2.45, 2.75) is 20.3 Å². The van der Waals surface area contributed by atoms with Crippen LogP contribution in [-0.2, 0) is 9.53 Å². The number of carbonyl (C=O) groups is 2. The smallest absolute Gasteiger partial charge is 0.358 e. The summed E-state index contributed by atoms with van der Waals surface area (Å²) in [5.41, 5.74) is 0.261. The van der Waals surface area contributed by atoms with Gasteiger partial charge in [0.15, 0.2) is 12.3 Å². The molecule has 1 fully saturated rings. The number of thiazole rings is 1. The maximum Gasteiger partial charge on any atom is 0.358 e. The topological polar surface area (TPSA) is 59.5 Å². The Morgan fingerprint density at radius 3 is 2.71 bits per heavy atom. The molecule has 3 rings (SSSR count). The minimum atomic E-state index is -0.541. The van der Waals surface area contributed by atoms with E-state index < -0.39 is 5.97 Å². The van der Waals surface area contributed by atoms with Crippen LogP contribution in [0.4, 0.5) is 0 Å². The number of nitrogens with zero attached hydrogens (tertiary/aromatic N) is 2. The van der Waals surface area contributed by atoms with Gasteiger partial charge < -0.3 is 9.64 Å². The lowest BCUT2D eigenvalue weighted by molar-refractivity contribution is -0.137. The first kappa shape index (κ1) is 17.1. The van der Waals surface area contributed by atoms with Gasteiger partial charge in [0, 0.05) is 18.5 Å². The van der Waals surface area contributed by atoms with Crippen molar-refractivity contribution in [3.63, 3.8) is 0 Å². The molecule has 1 amide bonds. The number of ether oxygens (including phenoxy) is 1. The highest BCUT2D eigenvalue weighted by Crippen LogP contribution is 2.28. The molecule has 1 aliphatic heterocycles. The molecule has 3 heterocycles. The summed E-state index contributed by atoms with van der Waals surface area (Å²) >= 11 is 2.98. The molecule has 0 N–H and O–H groups in total. The van der Waals surface area contributed by atoms with E-state index in [1.807, 2.05) is 17.5 Å². The van der Waals surface area contributed by atoms with Gasteiger partial charge in [-0.3, -0.25) is 4.79 Å². The van der Waals surface area contributed by atoms with E-state index in [4.69, 9.17) is 4.74 Å². The summed E-state index contributed by atoms with van der Waals surface area (Å²) in [6, 6.07) is 3.90. The first-order chi connectivity index (χ1) is 11.5. The molecule has 2 aromatic heterocycles. The molecule has 0 spiro atoms. The van der Waals surface area contributed by atoms with Crippen molar-refractivity contribution < 1.29 is 14.3 Å². The van der Waals surface area contributed by atoms with E-state index >= 15 is 0 Å². The van der Waals surface area contributed by atoms with E-state index in [0.29, 0.717) is 11.8 Å². The van der Waals surface area contributed by atoms with E-state index in [2.05, 4.69) is 18.8 Å². The molecule has 1 aliphatic rings. The highest BCUT2D eigenvalue weighted by molar-refractivity contribution is 7.20. The molecule has 0 bridgehead atoms. The van der Waals surface area contributed by atoms with Crippen molar-refractivity contribution in [2.24, 2.45) is 11.8 Å². The molecule has 0 aromatic carbocycles. The van der Waals surface area contributed by atoms with Gasteiger partial charge >= 0.3 is 5.97 Å². The molecule has 0 unspecified atom stereocenters. The Morgan fingerprint density at radius 2 is 2.04 bits per heavy atom. The molecule has 2 atom stereocenters. The summed E-state index contributed by atoms with van der Waals surface area (Å²) in [6.07, 6.45) is 1.13. The van der Waals surface area contributed by atoms with Crippen LogP contribution in [0.25, 0.3) is 9.88 Å². The SMILES string of the molecule is C[C@@H]1C[C@@H](C)CN(C(=O)COC(=O)c2csc(-c3cccs3)n2)C1. The van der Waals surface area contributed by atoms with Gasteiger partial charge in [-0.05, 0) is 29.7 Å². The number of amides is 1. The fourth-order valence-electron chi connectivity index (χ4n) is 3.04. The third-order valence-electron chi connectivity index (χ3n) is 3.99. The van der Waals surface area contributed by atoms with E-state index in [0.717, 1.165) is 29.4 Å². The highest BCUT2D eigenvalue weighted by atomic mass is 32.1. The van der Waals surface area contributed by atoms with Gasteiger partial charge in [0.1, 0.15) is 5.01 Å². The number of esters is 1. The van der Waals surface area contributed by atoms with E-state index in [1.54, 1.807) is 21.6 Å². The van der Waals surface area contributed by atoms with Crippen molar-refractivity contribution in [3.05, 3.63) is 28.6 Å². The van der Waals surface area contributed by atoms with Crippen LogP contribution in [0.2, 0.25) is 0 Å². The predicted molar refractivity (Wildman–Crippen MR) is 95.2 cm³/mol. The van der Waals surface area contributed by atoms with Gasteiger partial charge in [-0.2, -0.15) is 0 Å². The second-order valence-electron chi connectivity index (χ2n) is 6.34. The predicted octanol–water partition coefficient (Wildman–Crippen LogP) is 3.53. The van der Waals surface area contributed by atoms with Crippen LogP contribution in [0.3, 0.4) is 0 Å². The first-order valence-corrected chi connectivity index (χ1v) is 9.73. The van der Waals surface area contributed by atoms with Gasteiger partial charge in [0.2, 0.25) is 0 Å². The van der Waals surface area contributed by atoms with Crippen LogP contribution in [0.15, 0.2) is 22.9 Å². The molecule has 7 heteroatoms. The Morgan fingerprint density at radius 1 is 1.29 bits per heavy atom. The van der Waals surface area contributed by atoms with Crippen molar-refractivity contribution >= 4 is 34.6 Å². The number of rotatable bonds is 4. The molecule has 2 aromatic rings. The lowest BCUT2D eigenvalue weighted by atomic mass is 9.92. The van der Waals surface area contributed by atoms with Crippen molar-refractivity contribution in [1.29, 1.82) is 0 Å². The van der Waals surface area contributed by atoms with Crippen LogP contribution in [-0.4, -0.2) is 41.5 Å². The Balaban J connectivity index is 1.54. The monoisotopic (exact) mass is 364 g/mol. The number of hydrogen-bond donors (Lipinski definition) is 0. The van der Waals surface area contributed by atoms with E-state index in [9.17, 15) is 9.59 Å². The molecule has 5 nitrogen and oxygen atoms in total. The number of carbonyl (C=O) groups excluding carboxylic acids is 2. The summed E-state index contributed by atoms with van der Waals surface area (Å²) in [5, 5.41) is 4.43. The second kappa shape index (κ2) is 7.44.